The number of nitrogens with one attached hydrogen (secondary N) is 2. The molecule has 3 rings (SSSR count). The van der Waals surface area contributed by atoms with Gasteiger partial charge in [-0.3, -0.25) is 13.9 Å². The monoisotopic (exact) mass is 648 g/mol. The standard InChI is InChI=1S/C18H31N6O14P3/c1-11(25)19-6-4-2-3-5-7-20-16-13-17(22-9-21-16)24(10-23-13)18-15(27)14(26)12(36-18)8-35-40(31,32)38-41(33,34)37-39(28,29)30/h9-10,12,14-15,18,26-27H,2-8H2,1H3,(H,19,25)(H,31,32)(H,33,34)(H,20,21,22)(H2,28,29,30)/t12-,14-,15-,18?/m1/s1. The van der Waals surface area contributed by atoms with Crippen LogP contribution in [0.5, 0.6) is 0 Å². The summed E-state index contributed by atoms with van der Waals surface area (Å²) in [6.45, 7) is 1.70. The topological polar surface area (TPSA) is 294 Å². The van der Waals surface area contributed by atoms with Crippen LogP contribution in [0.2, 0.25) is 0 Å². The van der Waals surface area contributed by atoms with E-state index in [4.69, 9.17) is 14.5 Å². The maximum atomic E-state index is 12.0. The lowest BCUT2D eigenvalue weighted by Crippen LogP contribution is -2.33. The lowest BCUT2D eigenvalue weighted by Gasteiger charge is -2.19. The number of imidazole rings is 1. The molecule has 0 radical (unpaired) electrons. The number of phosphoric ester groups is 1. The molecule has 0 bridgehead atoms. The highest BCUT2D eigenvalue weighted by molar-refractivity contribution is 7.66. The Kier molecular flexibility index (Phi) is 11.5. The third kappa shape index (κ3) is 10.1. The van der Waals surface area contributed by atoms with Gasteiger partial charge in [-0.2, -0.15) is 8.62 Å². The van der Waals surface area contributed by atoms with E-state index in [0.29, 0.717) is 24.4 Å². The highest BCUT2D eigenvalue weighted by Gasteiger charge is 2.47. The van der Waals surface area contributed by atoms with E-state index in [2.05, 4.69) is 38.7 Å². The van der Waals surface area contributed by atoms with Gasteiger partial charge in [-0.15, -0.1) is 0 Å². The maximum Gasteiger partial charge on any atom is 0.490 e. The van der Waals surface area contributed by atoms with E-state index in [1.165, 1.54) is 24.1 Å². The highest BCUT2D eigenvalue weighted by Crippen LogP contribution is 2.66. The minimum absolute atomic E-state index is 0.0670. The maximum absolute atomic E-state index is 12.0. The molecule has 0 spiro atoms. The summed E-state index contributed by atoms with van der Waals surface area (Å²) in [6, 6.07) is 0. The second-order valence-corrected chi connectivity index (χ2v) is 13.2. The van der Waals surface area contributed by atoms with Gasteiger partial charge in [0.1, 0.15) is 24.6 Å². The Balaban J connectivity index is 1.58. The average Bonchev–Trinajstić information content (AvgIpc) is 3.38. The van der Waals surface area contributed by atoms with Crippen LogP contribution in [0.25, 0.3) is 11.2 Å². The van der Waals surface area contributed by atoms with Crippen LogP contribution < -0.4 is 10.6 Å². The second-order valence-electron chi connectivity index (χ2n) is 8.80. The van der Waals surface area contributed by atoms with Gasteiger partial charge in [-0.1, -0.05) is 12.8 Å². The Morgan fingerprint density at radius 3 is 2.32 bits per heavy atom. The molecule has 1 amide bonds. The first-order chi connectivity index (χ1) is 19.1. The fourth-order valence-electron chi connectivity index (χ4n) is 3.81. The molecule has 1 aliphatic rings. The van der Waals surface area contributed by atoms with Gasteiger partial charge in [0.2, 0.25) is 5.91 Å². The number of amides is 1. The Labute approximate surface area is 232 Å². The van der Waals surface area contributed by atoms with Gasteiger partial charge in [0.25, 0.3) is 0 Å². The van der Waals surface area contributed by atoms with E-state index in [0.717, 1.165) is 25.7 Å². The van der Waals surface area contributed by atoms with Crippen molar-refractivity contribution in [3.8, 4) is 0 Å². The third-order valence-electron chi connectivity index (χ3n) is 5.56. The van der Waals surface area contributed by atoms with Crippen LogP contribution in [-0.2, 0) is 36.4 Å². The minimum atomic E-state index is -5.73. The number of ether oxygens (including phenoxy) is 1. The molecule has 23 heteroatoms. The first-order valence-corrected chi connectivity index (χ1v) is 16.6. The van der Waals surface area contributed by atoms with Gasteiger partial charge in [-0.25, -0.2) is 28.6 Å². The van der Waals surface area contributed by atoms with Gasteiger partial charge in [-0.05, 0) is 12.8 Å². The number of rotatable bonds is 16. The van der Waals surface area contributed by atoms with Crippen LogP contribution in [0.4, 0.5) is 5.82 Å². The van der Waals surface area contributed by atoms with Crippen molar-refractivity contribution in [1.29, 1.82) is 0 Å². The normalized spacial score (nSPS) is 24.2. The highest BCUT2D eigenvalue weighted by atomic mass is 31.3. The van der Waals surface area contributed by atoms with E-state index in [-0.39, 0.29) is 11.6 Å². The zero-order chi connectivity index (χ0) is 30.4. The molecule has 1 fully saturated rings. The zero-order valence-corrected chi connectivity index (χ0v) is 24.2. The van der Waals surface area contributed by atoms with Gasteiger partial charge in [0.15, 0.2) is 23.2 Å². The molecular formula is C18H31N6O14P3. The summed E-state index contributed by atoms with van der Waals surface area (Å²) in [6.07, 6.45) is -0.00725. The number of fused-ring (bicyclic) bond motifs is 1. The molecule has 20 nitrogen and oxygen atoms in total. The number of phosphoric acid groups is 3. The van der Waals surface area contributed by atoms with Crippen molar-refractivity contribution >= 4 is 46.4 Å². The van der Waals surface area contributed by atoms with Crippen molar-refractivity contribution in [2.45, 2.75) is 57.1 Å². The fraction of sp³-hybridized carbons (Fsp3) is 0.667. The van der Waals surface area contributed by atoms with E-state index in [1.807, 2.05) is 0 Å². The summed E-state index contributed by atoms with van der Waals surface area (Å²) in [5.74, 6) is 0.340. The summed E-state index contributed by atoms with van der Waals surface area (Å²) in [4.78, 5) is 59.5. The number of aromatic nitrogens is 4. The Hall–Kier alpha value is -1.89. The van der Waals surface area contributed by atoms with Crippen molar-refractivity contribution in [2.24, 2.45) is 0 Å². The Morgan fingerprint density at radius 2 is 1.66 bits per heavy atom. The number of unbranched alkanes of at least 4 members (excludes halogenated alkanes) is 3. The molecule has 0 aliphatic carbocycles. The lowest BCUT2D eigenvalue weighted by atomic mass is 10.1. The quantitative estimate of drug-likeness (QED) is 0.0870. The smallest absolute Gasteiger partial charge is 0.387 e. The SMILES string of the molecule is CC(=O)NCCCCCCNc1ncnc2c1ncn2C1O[C@H](COP(=O)(O)OP(=O)(O)OP(=O)(O)O)[C@@H](O)[C@H]1O. The van der Waals surface area contributed by atoms with E-state index >= 15 is 0 Å². The number of aliphatic hydroxyl groups excluding tert-OH is 2. The van der Waals surface area contributed by atoms with E-state index in [9.17, 15) is 38.5 Å². The minimum Gasteiger partial charge on any atom is -0.387 e. The third-order valence-corrected chi connectivity index (χ3v) is 9.36. The molecule has 0 saturated carbocycles. The number of aliphatic hydroxyl groups is 2. The molecule has 41 heavy (non-hydrogen) atoms. The number of carbonyl (C=O) groups is 1. The van der Waals surface area contributed by atoms with Crippen LogP contribution in [-0.4, -0.2) is 93.2 Å². The summed E-state index contributed by atoms with van der Waals surface area (Å²) < 4.78 is 52.8. The number of hydrogen-bond acceptors (Lipinski definition) is 14. The number of hydrogen-bond donors (Lipinski definition) is 8. The van der Waals surface area contributed by atoms with Gasteiger partial charge >= 0.3 is 23.5 Å². The van der Waals surface area contributed by atoms with Crippen molar-refractivity contribution in [3.05, 3.63) is 12.7 Å². The Bertz CT molecular complexity index is 1340. The number of carbonyl (C=O) groups excluding carboxylic acids is 1. The van der Waals surface area contributed by atoms with Crippen LogP contribution in [0.1, 0.15) is 38.8 Å². The van der Waals surface area contributed by atoms with Crippen LogP contribution in [0.15, 0.2) is 12.7 Å². The number of nitrogens with zero attached hydrogens (tertiary/aromatic N) is 4. The molecule has 232 valence electrons. The van der Waals surface area contributed by atoms with Crippen LogP contribution >= 0.6 is 23.5 Å². The molecule has 0 aromatic carbocycles. The predicted octanol–water partition coefficient (Wildman–Crippen LogP) is -0.103. The Morgan fingerprint density at radius 1 is 0.976 bits per heavy atom. The molecule has 2 aromatic rings. The molecule has 6 atom stereocenters. The first-order valence-electron chi connectivity index (χ1n) is 12.0. The van der Waals surface area contributed by atoms with Crippen LogP contribution in [0, 0.1) is 0 Å². The van der Waals surface area contributed by atoms with E-state index in [1.54, 1.807) is 0 Å². The average molecular weight is 648 g/mol. The van der Waals surface area contributed by atoms with Crippen molar-refractivity contribution in [2.75, 3.05) is 25.0 Å². The number of anilines is 1. The predicted molar refractivity (Wildman–Crippen MR) is 137 cm³/mol. The van der Waals surface area contributed by atoms with Gasteiger partial charge in [0, 0.05) is 20.0 Å². The van der Waals surface area contributed by atoms with Crippen LogP contribution in [0.3, 0.4) is 0 Å². The largest absolute Gasteiger partial charge is 0.490 e. The van der Waals surface area contributed by atoms with E-state index < -0.39 is 54.6 Å². The summed E-state index contributed by atoms with van der Waals surface area (Å²) in [5.41, 5.74) is 0.558. The summed E-state index contributed by atoms with van der Waals surface area (Å²) >= 11 is 0. The van der Waals surface area contributed by atoms with Crippen molar-refractivity contribution in [3.63, 3.8) is 0 Å². The summed E-state index contributed by atoms with van der Waals surface area (Å²) in [5, 5.41) is 26.8. The van der Waals surface area contributed by atoms with Crippen molar-refractivity contribution in [1.82, 2.24) is 24.8 Å². The summed E-state index contributed by atoms with van der Waals surface area (Å²) in [7, 11) is -16.8. The second kappa shape index (κ2) is 14.1. The zero-order valence-electron chi connectivity index (χ0n) is 21.5. The first kappa shape index (κ1) is 33.6. The molecule has 1 saturated heterocycles. The molecule has 1 aliphatic heterocycles. The molecule has 3 unspecified atom stereocenters. The molecule has 3 heterocycles. The molecule has 8 N–H and O–H groups in total. The van der Waals surface area contributed by atoms with Crippen molar-refractivity contribution < 1.29 is 66.2 Å². The molecular weight excluding hydrogens is 617 g/mol. The molecule has 2 aromatic heterocycles. The van der Waals surface area contributed by atoms with Gasteiger partial charge in [0.05, 0.1) is 12.9 Å². The van der Waals surface area contributed by atoms with Gasteiger partial charge < -0.3 is 45.2 Å². The fourth-order valence-corrected chi connectivity index (χ4v) is 6.84. The lowest BCUT2D eigenvalue weighted by molar-refractivity contribution is -0.118.